The van der Waals surface area contributed by atoms with Crippen molar-refractivity contribution < 1.29 is 18.8 Å². The number of halogens is 1. The largest absolute Gasteiger partial charge is 0.343 e. The van der Waals surface area contributed by atoms with E-state index >= 15 is 0 Å². The fourth-order valence-electron chi connectivity index (χ4n) is 5.09. The van der Waals surface area contributed by atoms with E-state index in [2.05, 4.69) is 5.32 Å². The smallest absolute Gasteiger partial charge is 0.262 e. The lowest BCUT2D eigenvalue weighted by molar-refractivity contribution is -0.125. The summed E-state index contributed by atoms with van der Waals surface area (Å²) >= 11 is 0. The summed E-state index contributed by atoms with van der Waals surface area (Å²) in [6.07, 6.45) is 0.234. The van der Waals surface area contributed by atoms with Gasteiger partial charge in [0, 0.05) is 6.42 Å². The van der Waals surface area contributed by atoms with Crippen LogP contribution >= 0.6 is 0 Å². The first kappa shape index (κ1) is 21.9. The molecule has 2 aliphatic rings. The first-order valence-corrected chi connectivity index (χ1v) is 11.7. The summed E-state index contributed by atoms with van der Waals surface area (Å²) in [7, 11) is 0. The molecule has 0 aliphatic carbocycles. The van der Waals surface area contributed by atoms with Crippen molar-refractivity contribution in [3.05, 3.63) is 131 Å². The van der Waals surface area contributed by atoms with Crippen LogP contribution in [0.15, 0.2) is 97.1 Å². The highest BCUT2D eigenvalue weighted by Crippen LogP contribution is 2.33. The fraction of sp³-hybridized carbons (Fsp3) is 0.100. The van der Waals surface area contributed by atoms with Crippen LogP contribution in [0.2, 0.25) is 0 Å². The van der Waals surface area contributed by atoms with Crippen LogP contribution in [-0.4, -0.2) is 28.7 Å². The number of benzene rings is 4. The highest BCUT2D eigenvalue weighted by atomic mass is 19.1. The van der Waals surface area contributed by atoms with Crippen molar-refractivity contribution in [3.63, 3.8) is 0 Å². The third kappa shape index (κ3) is 3.58. The Morgan fingerprint density at radius 1 is 0.694 bits per heavy atom. The molecule has 176 valence electrons. The third-order valence-corrected chi connectivity index (χ3v) is 6.93. The average molecular weight is 477 g/mol. The minimum Gasteiger partial charge on any atom is -0.343 e. The van der Waals surface area contributed by atoms with Gasteiger partial charge in [0.05, 0.1) is 17.2 Å². The molecule has 36 heavy (non-hydrogen) atoms. The number of imide groups is 1. The Morgan fingerprint density at radius 2 is 1.25 bits per heavy atom. The van der Waals surface area contributed by atoms with Gasteiger partial charge in [-0.25, -0.2) is 4.39 Å². The Morgan fingerprint density at radius 3 is 1.89 bits per heavy atom. The van der Waals surface area contributed by atoms with Gasteiger partial charge in [0.2, 0.25) is 5.91 Å². The van der Waals surface area contributed by atoms with Gasteiger partial charge in [0.15, 0.2) is 0 Å². The molecule has 0 saturated heterocycles. The summed E-state index contributed by atoms with van der Waals surface area (Å²) in [6, 6.07) is 27.0. The number of nitrogens with zero attached hydrogens (tertiary/aromatic N) is 1. The van der Waals surface area contributed by atoms with Gasteiger partial charge in [-0.3, -0.25) is 19.3 Å². The van der Waals surface area contributed by atoms with Crippen molar-refractivity contribution in [1.82, 2.24) is 10.2 Å². The fourth-order valence-corrected chi connectivity index (χ4v) is 5.09. The highest BCUT2D eigenvalue weighted by Gasteiger charge is 2.44. The van der Waals surface area contributed by atoms with Crippen LogP contribution in [0.25, 0.3) is 11.1 Å². The zero-order chi connectivity index (χ0) is 24.8. The predicted molar refractivity (Wildman–Crippen MR) is 133 cm³/mol. The molecule has 2 atom stereocenters. The van der Waals surface area contributed by atoms with Gasteiger partial charge in [-0.1, -0.05) is 72.8 Å². The second-order valence-corrected chi connectivity index (χ2v) is 9.02. The van der Waals surface area contributed by atoms with Crippen LogP contribution in [0.4, 0.5) is 4.39 Å². The molecule has 2 aliphatic heterocycles. The van der Waals surface area contributed by atoms with Gasteiger partial charge in [0.25, 0.3) is 11.8 Å². The molecule has 6 rings (SSSR count). The SMILES string of the molecule is O=C1N[C@H](c2ccc(-c3ccc(F)cc3)cc2)c2ccccc2C[C@@H]1N1C(=O)c2ccccc2C1=O. The maximum absolute atomic E-state index is 13.5. The van der Waals surface area contributed by atoms with Crippen LogP contribution in [0, 0.1) is 5.82 Å². The maximum atomic E-state index is 13.5. The molecule has 0 saturated carbocycles. The normalized spacial score (nSPS) is 18.9. The number of rotatable bonds is 3. The van der Waals surface area contributed by atoms with Crippen LogP contribution < -0.4 is 5.32 Å². The minimum atomic E-state index is -0.956. The molecule has 6 heteroatoms. The van der Waals surface area contributed by atoms with Crippen molar-refractivity contribution in [2.24, 2.45) is 0 Å². The summed E-state index contributed by atoms with van der Waals surface area (Å²) in [6.45, 7) is 0. The number of hydrogen-bond donors (Lipinski definition) is 1. The maximum Gasteiger partial charge on any atom is 0.262 e. The van der Waals surface area contributed by atoms with Gasteiger partial charge in [0.1, 0.15) is 11.9 Å². The topological polar surface area (TPSA) is 66.5 Å². The van der Waals surface area contributed by atoms with Crippen molar-refractivity contribution in [1.29, 1.82) is 0 Å². The molecule has 2 heterocycles. The highest BCUT2D eigenvalue weighted by molar-refractivity contribution is 6.22. The van der Waals surface area contributed by atoms with E-state index in [-0.39, 0.29) is 18.1 Å². The van der Waals surface area contributed by atoms with E-state index in [0.717, 1.165) is 32.7 Å². The van der Waals surface area contributed by atoms with Crippen LogP contribution in [0.5, 0.6) is 0 Å². The summed E-state index contributed by atoms with van der Waals surface area (Å²) in [5.74, 6) is -1.57. The molecule has 4 aromatic rings. The standard InChI is InChI=1S/C30H21FN2O3/c31-22-15-13-19(14-16-22)18-9-11-20(12-10-18)27-23-6-2-1-5-21(23)17-26(28(34)32-27)33-29(35)24-7-3-4-8-25(24)30(33)36/h1-16,26-27H,17H2,(H,32,34)/t26-,27+/m0/s1. The number of carbonyl (C=O) groups excluding carboxylic acids is 3. The first-order chi connectivity index (χ1) is 17.5. The summed E-state index contributed by atoms with van der Waals surface area (Å²) in [5.41, 5.74) is 5.13. The lowest BCUT2D eigenvalue weighted by Crippen LogP contribution is -2.50. The number of carbonyl (C=O) groups is 3. The van der Waals surface area contributed by atoms with E-state index in [9.17, 15) is 18.8 Å². The lowest BCUT2D eigenvalue weighted by Gasteiger charge is -2.24. The quantitative estimate of drug-likeness (QED) is 0.427. The van der Waals surface area contributed by atoms with Gasteiger partial charge in [-0.15, -0.1) is 0 Å². The Kier molecular flexibility index (Phi) is 5.22. The van der Waals surface area contributed by atoms with E-state index < -0.39 is 23.9 Å². The molecular weight excluding hydrogens is 455 g/mol. The molecule has 0 spiro atoms. The third-order valence-electron chi connectivity index (χ3n) is 6.93. The lowest BCUT2D eigenvalue weighted by atomic mass is 9.92. The van der Waals surface area contributed by atoms with Crippen molar-refractivity contribution in [3.8, 4) is 11.1 Å². The minimum absolute atomic E-state index is 0.234. The molecule has 1 N–H and O–H groups in total. The van der Waals surface area contributed by atoms with Crippen molar-refractivity contribution in [2.45, 2.75) is 18.5 Å². The summed E-state index contributed by atoms with van der Waals surface area (Å²) in [4.78, 5) is 40.9. The zero-order valence-electron chi connectivity index (χ0n) is 19.1. The molecule has 0 fully saturated rings. The molecule has 5 nitrogen and oxygen atoms in total. The summed E-state index contributed by atoms with van der Waals surface area (Å²) in [5, 5.41) is 3.08. The summed E-state index contributed by atoms with van der Waals surface area (Å²) < 4.78 is 13.3. The molecule has 0 bridgehead atoms. The van der Waals surface area contributed by atoms with Crippen molar-refractivity contribution >= 4 is 17.7 Å². The Labute approximate surface area is 207 Å². The zero-order valence-corrected chi connectivity index (χ0v) is 19.1. The van der Waals surface area contributed by atoms with Gasteiger partial charge < -0.3 is 5.32 Å². The molecule has 4 aromatic carbocycles. The van der Waals surface area contributed by atoms with E-state index in [0.29, 0.717) is 11.1 Å². The average Bonchev–Trinajstić information content (AvgIpc) is 3.06. The second-order valence-electron chi connectivity index (χ2n) is 9.02. The molecule has 0 aromatic heterocycles. The molecule has 0 radical (unpaired) electrons. The molecule has 0 unspecified atom stereocenters. The number of nitrogens with one attached hydrogen (secondary N) is 1. The number of fused-ring (bicyclic) bond motifs is 2. The molecule has 3 amide bonds. The van der Waals surface area contributed by atoms with Gasteiger partial charge in [-0.05, 0) is 52.1 Å². The van der Waals surface area contributed by atoms with E-state index in [4.69, 9.17) is 0 Å². The van der Waals surface area contributed by atoms with Gasteiger partial charge in [-0.2, -0.15) is 0 Å². The van der Waals surface area contributed by atoms with E-state index in [1.165, 1.54) is 12.1 Å². The Bertz CT molecular complexity index is 1480. The van der Waals surface area contributed by atoms with E-state index in [1.807, 2.05) is 48.5 Å². The predicted octanol–water partition coefficient (Wildman–Crippen LogP) is 4.92. The van der Waals surface area contributed by atoms with Crippen LogP contribution in [-0.2, 0) is 11.2 Å². The monoisotopic (exact) mass is 476 g/mol. The molecular formula is C30H21FN2O3. The number of amides is 3. The van der Waals surface area contributed by atoms with Gasteiger partial charge >= 0.3 is 0 Å². The van der Waals surface area contributed by atoms with Crippen LogP contribution in [0.1, 0.15) is 43.4 Å². The Balaban J connectivity index is 1.35. The van der Waals surface area contributed by atoms with Crippen molar-refractivity contribution in [2.75, 3.05) is 0 Å². The van der Waals surface area contributed by atoms with Crippen LogP contribution in [0.3, 0.4) is 0 Å². The number of hydrogen-bond acceptors (Lipinski definition) is 3. The van der Waals surface area contributed by atoms with E-state index in [1.54, 1.807) is 36.4 Å². The second kappa shape index (κ2) is 8.57. The first-order valence-electron chi connectivity index (χ1n) is 11.7. The Hall–Kier alpha value is -4.58.